The largest absolute Gasteiger partial charge is 0.450 e. The van der Waals surface area contributed by atoms with Gasteiger partial charge in [0.25, 0.3) is 0 Å². The zero-order valence-electron chi connectivity index (χ0n) is 11.2. The molecule has 0 aliphatic carbocycles. The van der Waals surface area contributed by atoms with E-state index in [9.17, 15) is 4.79 Å². The van der Waals surface area contributed by atoms with Crippen molar-refractivity contribution < 1.29 is 9.53 Å². The summed E-state index contributed by atoms with van der Waals surface area (Å²) < 4.78 is 4.78. The van der Waals surface area contributed by atoms with Crippen molar-refractivity contribution in [3.8, 4) is 0 Å². The summed E-state index contributed by atoms with van der Waals surface area (Å²) in [6, 6.07) is 8.54. The maximum atomic E-state index is 11.3. The first kappa shape index (κ1) is 15.4. The fourth-order valence-corrected chi connectivity index (χ4v) is 2.13. The van der Waals surface area contributed by atoms with E-state index in [1.165, 1.54) is 6.20 Å². The van der Waals surface area contributed by atoms with Gasteiger partial charge in [0.05, 0.1) is 18.5 Å². The van der Waals surface area contributed by atoms with Gasteiger partial charge in [-0.3, -0.25) is 5.32 Å². The van der Waals surface area contributed by atoms with E-state index < -0.39 is 6.09 Å². The third kappa shape index (κ3) is 4.81. The van der Waals surface area contributed by atoms with Crippen LogP contribution in [0.3, 0.4) is 0 Å². The Morgan fingerprint density at radius 3 is 2.48 bits per heavy atom. The van der Waals surface area contributed by atoms with E-state index in [-0.39, 0.29) is 0 Å². The molecule has 0 aliphatic heterocycles. The first-order valence-corrected chi connectivity index (χ1v) is 6.95. The van der Waals surface area contributed by atoms with Crippen LogP contribution in [0.25, 0.3) is 0 Å². The minimum atomic E-state index is -0.512. The highest BCUT2D eigenvalue weighted by molar-refractivity contribution is 6.35. The van der Waals surface area contributed by atoms with Gasteiger partial charge in [-0.15, -0.1) is 0 Å². The van der Waals surface area contributed by atoms with Crippen LogP contribution in [0, 0.1) is 0 Å². The zero-order chi connectivity index (χ0) is 15.2. The Hall–Kier alpha value is -1.98. The molecule has 7 heteroatoms. The lowest BCUT2D eigenvalue weighted by molar-refractivity contribution is 0.168. The first-order chi connectivity index (χ1) is 10.1. The number of rotatable bonds is 4. The van der Waals surface area contributed by atoms with Crippen molar-refractivity contribution >= 4 is 46.5 Å². The van der Waals surface area contributed by atoms with E-state index in [2.05, 4.69) is 15.6 Å². The SMILES string of the molecule is CCOC(=O)Nc1ccc(Nc2cc(Cl)cc(Cl)c2)nc1. The van der Waals surface area contributed by atoms with Crippen LogP contribution in [-0.4, -0.2) is 17.7 Å². The van der Waals surface area contributed by atoms with Crippen LogP contribution in [0.2, 0.25) is 10.0 Å². The van der Waals surface area contributed by atoms with Crippen molar-refractivity contribution in [1.29, 1.82) is 0 Å². The summed E-state index contributed by atoms with van der Waals surface area (Å²) in [6.45, 7) is 2.05. The van der Waals surface area contributed by atoms with Crippen molar-refractivity contribution in [3.63, 3.8) is 0 Å². The Labute approximate surface area is 132 Å². The number of halogens is 2. The van der Waals surface area contributed by atoms with E-state index in [0.29, 0.717) is 28.2 Å². The number of pyridine rings is 1. The highest BCUT2D eigenvalue weighted by Crippen LogP contribution is 2.24. The molecule has 0 bridgehead atoms. The number of amides is 1. The maximum Gasteiger partial charge on any atom is 0.411 e. The average Bonchev–Trinajstić information content (AvgIpc) is 2.40. The fourth-order valence-electron chi connectivity index (χ4n) is 1.60. The van der Waals surface area contributed by atoms with Crippen LogP contribution < -0.4 is 10.6 Å². The molecule has 1 aromatic heterocycles. The Morgan fingerprint density at radius 1 is 1.19 bits per heavy atom. The van der Waals surface area contributed by atoms with E-state index in [1.54, 1.807) is 37.3 Å². The van der Waals surface area contributed by atoms with Crippen molar-refractivity contribution in [3.05, 3.63) is 46.6 Å². The van der Waals surface area contributed by atoms with Crippen LogP contribution in [0.1, 0.15) is 6.92 Å². The lowest BCUT2D eigenvalue weighted by Crippen LogP contribution is -2.13. The molecule has 0 fully saturated rings. The topological polar surface area (TPSA) is 63.2 Å². The summed E-state index contributed by atoms with van der Waals surface area (Å²) in [4.78, 5) is 15.4. The van der Waals surface area contributed by atoms with Crippen molar-refractivity contribution in [1.82, 2.24) is 4.98 Å². The number of carbonyl (C=O) groups excluding carboxylic acids is 1. The van der Waals surface area contributed by atoms with Crippen molar-refractivity contribution in [2.75, 3.05) is 17.2 Å². The molecule has 1 heterocycles. The zero-order valence-corrected chi connectivity index (χ0v) is 12.7. The Kier molecular flexibility index (Phi) is 5.25. The number of carbonyl (C=O) groups is 1. The molecule has 0 spiro atoms. The first-order valence-electron chi connectivity index (χ1n) is 6.20. The Bertz CT molecular complexity index is 612. The van der Waals surface area contributed by atoms with Crippen molar-refractivity contribution in [2.45, 2.75) is 6.92 Å². The molecule has 0 unspecified atom stereocenters. The van der Waals surface area contributed by atoms with Gasteiger partial charge in [0.1, 0.15) is 5.82 Å². The van der Waals surface area contributed by atoms with Gasteiger partial charge in [-0.25, -0.2) is 9.78 Å². The van der Waals surface area contributed by atoms with Gasteiger partial charge in [-0.1, -0.05) is 23.2 Å². The smallest absolute Gasteiger partial charge is 0.411 e. The van der Waals surface area contributed by atoms with Gasteiger partial charge in [0.2, 0.25) is 0 Å². The number of nitrogens with zero attached hydrogens (tertiary/aromatic N) is 1. The average molecular weight is 326 g/mol. The number of anilines is 3. The molecule has 1 amide bonds. The molecule has 2 N–H and O–H groups in total. The molecular weight excluding hydrogens is 313 g/mol. The van der Waals surface area contributed by atoms with Gasteiger partial charge in [0, 0.05) is 15.7 Å². The molecule has 21 heavy (non-hydrogen) atoms. The van der Waals surface area contributed by atoms with Crippen LogP contribution >= 0.6 is 23.2 Å². The van der Waals surface area contributed by atoms with Crippen LogP contribution in [0.15, 0.2) is 36.5 Å². The van der Waals surface area contributed by atoms with Gasteiger partial charge in [-0.05, 0) is 37.3 Å². The van der Waals surface area contributed by atoms with Crippen LogP contribution in [0.5, 0.6) is 0 Å². The highest BCUT2D eigenvalue weighted by atomic mass is 35.5. The number of hydrogen-bond donors (Lipinski definition) is 2. The number of nitrogens with one attached hydrogen (secondary N) is 2. The third-order valence-electron chi connectivity index (χ3n) is 2.42. The predicted molar refractivity (Wildman–Crippen MR) is 84.6 cm³/mol. The molecule has 5 nitrogen and oxygen atoms in total. The fraction of sp³-hybridized carbons (Fsp3) is 0.143. The molecule has 0 saturated carbocycles. The molecule has 2 aromatic rings. The van der Waals surface area contributed by atoms with Gasteiger partial charge in [-0.2, -0.15) is 0 Å². The monoisotopic (exact) mass is 325 g/mol. The molecule has 0 radical (unpaired) electrons. The van der Waals surface area contributed by atoms with E-state index >= 15 is 0 Å². The second-order valence-corrected chi connectivity index (χ2v) is 4.93. The lowest BCUT2D eigenvalue weighted by Gasteiger charge is -2.08. The predicted octanol–water partition coefficient (Wildman–Crippen LogP) is 4.70. The standard InChI is InChI=1S/C14H13Cl2N3O2/c1-2-21-14(20)19-11-3-4-13(17-8-11)18-12-6-9(15)5-10(16)7-12/h3-8H,2H2,1H3,(H,17,18)(H,19,20). The van der Waals surface area contributed by atoms with E-state index in [1.807, 2.05) is 0 Å². The summed E-state index contributed by atoms with van der Waals surface area (Å²) in [6.07, 6.45) is 1.01. The number of hydrogen-bond acceptors (Lipinski definition) is 4. The highest BCUT2D eigenvalue weighted by Gasteiger charge is 2.03. The molecule has 0 aliphatic rings. The third-order valence-corrected chi connectivity index (χ3v) is 2.86. The van der Waals surface area contributed by atoms with E-state index in [4.69, 9.17) is 27.9 Å². The molecule has 0 atom stereocenters. The summed E-state index contributed by atoms with van der Waals surface area (Å²) in [7, 11) is 0. The normalized spacial score (nSPS) is 10.0. The quantitative estimate of drug-likeness (QED) is 0.855. The van der Waals surface area contributed by atoms with Gasteiger partial charge in [0.15, 0.2) is 0 Å². The number of benzene rings is 1. The second kappa shape index (κ2) is 7.15. The summed E-state index contributed by atoms with van der Waals surface area (Å²) >= 11 is 11.8. The molecule has 110 valence electrons. The Balaban J connectivity index is 2.03. The molecule has 0 saturated heterocycles. The number of aromatic nitrogens is 1. The summed E-state index contributed by atoms with van der Waals surface area (Å²) in [5, 5.41) is 6.69. The van der Waals surface area contributed by atoms with Gasteiger partial charge < -0.3 is 10.1 Å². The minimum absolute atomic E-state index is 0.314. The second-order valence-electron chi connectivity index (χ2n) is 4.06. The summed E-state index contributed by atoms with van der Waals surface area (Å²) in [5.41, 5.74) is 1.27. The lowest BCUT2D eigenvalue weighted by atomic mass is 10.3. The molecule has 2 rings (SSSR count). The van der Waals surface area contributed by atoms with E-state index in [0.717, 1.165) is 5.69 Å². The minimum Gasteiger partial charge on any atom is -0.450 e. The molecule has 1 aromatic carbocycles. The number of ether oxygens (including phenoxy) is 1. The Morgan fingerprint density at radius 2 is 1.90 bits per heavy atom. The van der Waals surface area contributed by atoms with Crippen molar-refractivity contribution in [2.24, 2.45) is 0 Å². The maximum absolute atomic E-state index is 11.3. The molecular formula is C14H13Cl2N3O2. The van der Waals surface area contributed by atoms with Crippen LogP contribution in [0.4, 0.5) is 22.0 Å². The van der Waals surface area contributed by atoms with Gasteiger partial charge >= 0.3 is 6.09 Å². The van der Waals surface area contributed by atoms with Crippen LogP contribution in [-0.2, 0) is 4.74 Å². The summed E-state index contributed by atoms with van der Waals surface area (Å²) in [5.74, 6) is 0.600.